The smallest absolute Gasteiger partial charge is 0.354 e. The number of hydrogen-bond acceptors (Lipinski definition) is 7. The van der Waals surface area contributed by atoms with Crippen molar-refractivity contribution in [2.75, 3.05) is 6.26 Å². The number of rotatable bonds is 4. The van der Waals surface area contributed by atoms with Gasteiger partial charge in [-0.1, -0.05) is 53.1 Å². The Bertz CT molecular complexity index is 819. The Morgan fingerprint density at radius 1 is 1.24 bits per heavy atom. The first-order valence-corrected chi connectivity index (χ1v) is 8.71. The number of thioether (sulfide) groups is 1. The quantitative estimate of drug-likeness (QED) is 0.729. The predicted molar refractivity (Wildman–Crippen MR) is 84.5 cm³/mol. The molecule has 0 aliphatic heterocycles. The lowest BCUT2D eigenvalue weighted by atomic mass is 10.2. The molecule has 0 aliphatic carbocycles. The second kappa shape index (κ2) is 6.00. The lowest BCUT2D eigenvalue weighted by Gasteiger charge is -2.05. The summed E-state index contributed by atoms with van der Waals surface area (Å²) in [5.74, 6) is -1.04. The molecule has 21 heavy (non-hydrogen) atoms. The number of aromatic carboxylic acids is 1. The third-order valence-electron chi connectivity index (χ3n) is 2.66. The van der Waals surface area contributed by atoms with Crippen LogP contribution in [0.15, 0.2) is 43.9 Å². The van der Waals surface area contributed by atoms with Gasteiger partial charge in [0.05, 0.1) is 5.52 Å². The van der Waals surface area contributed by atoms with Crippen LogP contribution in [0.1, 0.15) is 10.5 Å². The van der Waals surface area contributed by atoms with Gasteiger partial charge in [0.15, 0.2) is 8.68 Å². The summed E-state index contributed by atoms with van der Waals surface area (Å²) >= 11 is 4.44. The normalized spacial score (nSPS) is 10.9. The van der Waals surface area contributed by atoms with Gasteiger partial charge in [-0.25, -0.2) is 9.78 Å². The van der Waals surface area contributed by atoms with E-state index in [4.69, 9.17) is 0 Å². The van der Waals surface area contributed by atoms with E-state index in [0.717, 1.165) is 19.0 Å². The number of hydrogen-bond donors (Lipinski definition) is 1. The van der Waals surface area contributed by atoms with Gasteiger partial charge in [0.1, 0.15) is 5.69 Å². The molecule has 0 atom stereocenters. The van der Waals surface area contributed by atoms with Crippen LogP contribution < -0.4 is 0 Å². The fourth-order valence-electron chi connectivity index (χ4n) is 1.75. The van der Waals surface area contributed by atoms with Gasteiger partial charge in [-0.3, -0.25) is 0 Å². The minimum atomic E-state index is -1.04. The lowest BCUT2D eigenvalue weighted by molar-refractivity contribution is 0.0690. The van der Waals surface area contributed by atoms with Gasteiger partial charge in [0.25, 0.3) is 0 Å². The molecule has 0 spiro atoms. The Kier molecular flexibility index (Phi) is 4.09. The molecule has 2 heterocycles. The summed E-state index contributed by atoms with van der Waals surface area (Å²) in [6, 6.07) is 9.05. The molecule has 0 fully saturated rings. The predicted octanol–water partition coefficient (Wildman–Crippen LogP) is 3.66. The third-order valence-corrected chi connectivity index (χ3v) is 5.66. The lowest BCUT2D eigenvalue weighted by Crippen LogP contribution is -2.00. The summed E-state index contributed by atoms with van der Waals surface area (Å²) in [6.45, 7) is 0. The Hall–Kier alpha value is -1.64. The van der Waals surface area contributed by atoms with E-state index in [1.807, 2.05) is 24.5 Å². The van der Waals surface area contributed by atoms with E-state index in [0.29, 0.717) is 5.52 Å². The molecule has 0 radical (unpaired) electrons. The van der Waals surface area contributed by atoms with Crippen LogP contribution in [0.2, 0.25) is 0 Å². The van der Waals surface area contributed by atoms with E-state index in [9.17, 15) is 9.90 Å². The number of fused-ring (bicyclic) bond motifs is 1. The highest BCUT2D eigenvalue weighted by Gasteiger charge is 2.13. The van der Waals surface area contributed by atoms with E-state index in [-0.39, 0.29) is 5.69 Å². The van der Waals surface area contributed by atoms with Gasteiger partial charge in [-0.2, -0.15) is 0 Å². The van der Waals surface area contributed by atoms with E-state index >= 15 is 0 Å². The fourth-order valence-corrected chi connectivity index (χ4v) is 4.31. The number of carbonyl (C=O) groups is 1. The van der Waals surface area contributed by atoms with E-state index < -0.39 is 5.97 Å². The van der Waals surface area contributed by atoms with Crippen LogP contribution in [0.25, 0.3) is 10.9 Å². The van der Waals surface area contributed by atoms with Crippen molar-refractivity contribution in [2.24, 2.45) is 0 Å². The maximum atomic E-state index is 11.2. The molecule has 0 bridgehead atoms. The molecule has 8 heteroatoms. The maximum absolute atomic E-state index is 11.2. The van der Waals surface area contributed by atoms with Crippen LogP contribution in [0.3, 0.4) is 0 Å². The zero-order valence-electron chi connectivity index (χ0n) is 10.8. The highest BCUT2D eigenvalue weighted by atomic mass is 32.2. The molecule has 1 aromatic carbocycles. The molecule has 0 amide bonds. The Morgan fingerprint density at radius 3 is 2.71 bits per heavy atom. The molecule has 3 aromatic rings. The van der Waals surface area contributed by atoms with Crippen LogP contribution in [-0.4, -0.2) is 32.5 Å². The zero-order valence-corrected chi connectivity index (χ0v) is 13.3. The number of carboxylic acids is 1. The molecule has 5 nitrogen and oxygen atoms in total. The molecular formula is C13H9N3O2S3. The number of para-hydroxylation sites is 1. The van der Waals surface area contributed by atoms with E-state index in [1.54, 1.807) is 12.1 Å². The molecule has 0 saturated heterocycles. The van der Waals surface area contributed by atoms with Crippen LogP contribution in [-0.2, 0) is 0 Å². The third kappa shape index (κ3) is 3.02. The second-order valence-corrected chi connectivity index (χ2v) is 7.29. The Morgan fingerprint density at radius 2 is 2.00 bits per heavy atom. The van der Waals surface area contributed by atoms with Crippen molar-refractivity contribution in [3.63, 3.8) is 0 Å². The van der Waals surface area contributed by atoms with Gasteiger partial charge in [0, 0.05) is 10.3 Å². The molecule has 1 N–H and O–H groups in total. The molecule has 2 aromatic heterocycles. The van der Waals surface area contributed by atoms with Gasteiger partial charge in [0.2, 0.25) is 0 Å². The number of aromatic nitrogens is 3. The fraction of sp³-hybridized carbons (Fsp3) is 0.0769. The van der Waals surface area contributed by atoms with E-state index in [2.05, 4.69) is 15.2 Å². The highest BCUT2D eigenvalue weighted by molar-refractivity contribution is 8.03. The van der Waals surface area contributed by atoms with Crippen LogP contribution in [0, 0.1) is 0 Å². The minimum absolute atomic E-state index is 0.0332. The molecule has 0 saturated carbocycles. The average Bonchev–Trinajstić information content (AvgIpc) is 2.94. The largest absolute Gasteiger partial charge is 0.477 e. The highest BCUT2D eigenvalue weighted by Crippen LogP contribution is 2.36. The standard InChI is InChI=1S/C13H9N3O2S3/c1-19-12-15-16-13(21-12)20-10-6-9(11(17)18)14-8-5-3-2-4-7(8)10/h2-6H,1H3,(H,17,18). The van der Waals surface area contributed by atoms with Crippen LogP contribution in [0.5, 0.6) is 0 Å². The first-order chi connectivity index (χ1) is 10.2. The van der Waals surface area contributed by atoms with Gasteiger partial charge >= 0.3 is 5.97 Å². The topological polar surface area (TPSA) is 76.0 Å². The summed E-state index contributed by atoms with van der Waals surface area (Å²) in [7, 11) is 0. The van der Waals surface area contributed by atoms with Crippen molar-refractivity contribution in [1.29, 1.82) is 0 Å². The minimum Gasteiger partial charge on any atom is -0.477 e. The molecule has 0 aliphatic rings. The van der Waals surface area contributed by atoms with Crippen molar-refractivity contribution in [3.8, 4) is 0 Å². The van der Waals surface area contributed by atoms with Crippen molar-refractivity contribution in [1.82, 2.24) is 15.2 Å². The second-order valence-electron chi connectivity index (χ2n) is 3.97. The van der Waals surface area contributed by atoms with E-state index in [1.165, 1.54) is 34.9 Å². The van der Waals surface area contributed by atoms with Crippen molar-refractivity contribution in [3.05, 3.63) is 36.0 Å². The summed E-state index contributed by atoms with van der Waals surface area (Å²) in [5, 5.41) is 18.2. The summed E-state index contributed by atoms with van der Waals surface area (Å²) in [6.07, 6.45) is 1.94. The van der Waals surface area contributed by atoms with Gasteiger partial charge in [-0.15, -0.1) is 10.2 Å². The summed E-state index contributed by atoms with van der Waals surface area (Å²) < 4.78 is 1.67. The van der Waals surface area contributed by atoms with Crippen LogP contribution >= 0.6 is 34.9 Å². The molecular weight excluding hydrogens is 326 g/mol. The summed E-state index contributed by atoms with van der Waals surface area (Å²) in [4.78, 5) is 16.2. The Balaban J connectivity index is 2.09. The first-order valence-electron chi connectivity index (χ1n) is 5.86. The van der Waals surface area contributed by atoms with Crippen molar-refractivity contribution < 1.29 is 9.90 Å². The number of pyridine rings is 1. The Labute approximate surface area is 132 Å². The number of nitrogens with zero attached hydrogens (tertiary/aromatic N) is 3. The average molecular weight is 335 g/mol. The monoisotopic (exact) mass is 335 g/mol. The number of benzene rings is 1. The molecule has 3 rings (SSSR count). The van der Waals surface area contributed by atoms with Crippen LogP contribution in [0.4, 0.5) is 0 Å². The van der Waals surface area contributed by atoms with Crippen molar-refractivity contribution in [2.45, 2.75) is 13.6 Å². The van der Waals surface area contributed by atoms with Crippen molar-refractivity contribution >= 4 is 51.7 Å². The molecule has 0 unspecified atom stereocenters. The van der Waals surface area contributed by atoms with Gasteiger partial charge < -0.3 is 5.11 Å². The maximum Gasteiger partial charge on any atom is 0.354 e. The van der Waals surface area contributed by atoms with Gasteiger partial charge in [-0.05, 0) is 18.4 Å². The SMILES string of the molecule is CSc1nnc(Sc2cc(C(=O)O)nc3ccccc23)s1. The first kappa shape index (κ1) is 14.3. The summed E-state index contributed by atoms with van der Waals surface area (Å²) in [5.41, 5.74) is 0.695. The zero-order chi connectivity index (χ0) is 14.8. The number of carboxylic acid groups (broad SMARTS) is 1. The molecule has 106 valence electrons.